The van der Waals surface area contributed by atoms with Crippen LogP contribution in [0.5, 0.6) is 11.5 Å². The van der Waals surface area contributed by atoms with Crippen LogP contribution >= 0.6 is 0 Å². The smallest absolute Gasteiger partial charge is 0.157 e. The monoisotopic (exact) mass is 194 g/mol. The molecule has 1 aromatic carbocycles. The highest BCUT2D eigenvalue weighted by molar-refractivity contribution is 5.98. The molecule has 0 radical (unpaired) electrons. The molecule has 0 saturated carbocycles. The Balaban J connectivity index is 3.62. The van der Waals surface area contributed by atoms with E-state index in [-0.39, 0.29) is 23.7 Å². The average molecular weight is 194 g/mol. The molecule has 0 unspecified atom stereocenters. The van der Waals surface area contributed by atoms with Gasteiger partial charge in [-0.15, -0.1) is 0 Å². The van der Waals surface area contributed by atoms with E-state index in [1.807, 2.05) is 0 Å². The zero-order chi connectivity index (χ0) is 10.7. The summed E-state index contributed by atoms with van der Waals surface area (Å²) in [5.41, 5.74) is -0.877. The van der Waals surface area contributed by atoms with E-state index in [2.05, 4.69) is 0 Å². The summed E-state index contributed by atoms with van der Waals surface area (Å²) in [6, 6.07) is 0.945. The highest BCUT2D eigenvalue weighted by Gasteiger charge is 2.15. The summed E-state index contributed by atoms with van der Waals surface area (Å²) in [7, 11) is 0. The normalized spacial score (nSPS) is 9.43. The van der Waals surface area contributed by atoms with Crippen LogP contribution in [0.15, 0.2) is 6.07 Å². The number of phenolic OH excluding ortho intramolecular Hbond substituents is 2. The van der Waals surface area contributed by atoms with E-state index in [1.165, 1.54) is 0 Å². The Bertz CT molecular complexity index is 408. The molecule has 0 saturated heterocycles. The second kappa shape index (κ2) is 3.69. The van der Waals surface area contributed by atoms with Gasteiger partial charge in [-0.3, -0.25) is 14.4 Å². The lowest BCUT2D eigenvalue weighted by Crippen LogP contribution is -1.95. The van der Waals surface area contributed by atoms with Crippen molar-refractivity contribution in [3.63, 3.8) is 0 Å². The van der Waals surface area contributed by atoms with E-state index in [1.54, 1.807) is 0 Å². The molecule has 0 amide bonds. The molecule has 1 rings (SSSR count). The summed E-state index contributed by atoms with van der Waals surface area (Å²) in [6.07, 6.45) is 0.746. The SMILES string of the molecule is O=Cc1cc(O)c(C=O)c(O)c1C=O. The summed E-state index contributed by atoms with van der Waals surface area (Å²) in [4.78, 5) is 31.3. The zero-order valence-electron chi connectivity index (χ0n) is 6.93. The maximum atomic E-state index is 10.5. The molecule has 0 spiro atoms. The number of aldehydes is 3. The third kappa shape index (κ3) is 1.35. The first-order chi connectivity index (χ1) is 6.65. The maximum absolute atomic E-state index is 10.5. The van der Waals surface area contributed by atoms with Gasteiger partial charge in [-0.2, -0.15) is 0 Å². The molecule has 0 atom stereocenters. The molecule has 0 bridgehead atoms. The number of benzene rings is 1. The van der Waals surface area contributed by atoms with Gasteiger partial charge in [0.25, 0.3) is 0 Å². The van der Waals surface area contributed by atoms with Crippen LogP contribution in [0.4, 0.5) is 0 Å². The number of phenols is 2. The van der Waals surface area contributed by atoms with Crippen LogP contribution in [0.3, 0.4) is 0 Å². The molecule has 1 aromatic rings. The number of rotatable bonds is 3. The molecule has 0 heterocycles. The molecule has 0 fully saturated rings. The summed E-state index contributed by atoms with van der Waals surface area (Å²) >= 11 is 0. The number of hydrogen-bond donors (Lipinski definition) is 2. The average Bonchev–Trinajstić information content (AvgIpc) is 2.17. The van der Waals surface area contributed by atoms with E-state index in [0.717, 1.165) is 6.07 Å². The fourth-order valence-corrected chi connectivity index (χ4v) is 1.04. The predicted octanol–water partition coefficient (Wildman–Crippen LogP) is 0.535. The van der Waals surface area contributed by atoms with Gasteiger partial charge in [-0.1, -0.05) is 0 Å². The minimum atomic E-state index is -0.683. The van der Waals surface area contributed by atoms with Crippen LogP contribution in [-0.2, 0) is 0 Å². The molecule has 0 aliphatic carbocycles. The zero-order valence-corrected chi connectivity index (χ0v) is 6.93. The second-order valence-electron chi connectivity index (χ2n) is 2.51. The molecule has 0 aliphatic rings. The van der Waals surface area contributed by atoms with Crippen molar-refractivity contribution in [1.29, 1.82) is 0 Å². The molecule has 72 valence electrons. The van der Waals surface area contributed by atoms with Crippen molar-refractivity contribution >= 4 is 18.9 Å². The summed E-state index contributed by atoms with van der Waals surface area (Å²) in [5, 5.41) is 18.5. The molecular weight excluding hydrogens is 188 g/mol. The molecule has 14 heavy (non-hydrogen) atoms. The van der Waals surface area contributed by atoms with Gasteiger partial charge in [0.15, 0.2) is 18.9 Å². The number of carbonyl (C=O) groups excluding carboxylic acids is 3. The number of hydrogen-bond acceptors (Lipinski definition) is 5. The highest BCUT2D eigenvalue weighted by atomic mass is 16.3. The fraction of sp³-hybridized carbons (Fsp3) is 0. The van der Waals surface area contributed by atoms with Crippen molar-refractivity contribution in [2.24, 2.45) is 0 Å². The van der Waals surface area contributed by atoms with Gasteiger partial charge in [-0.05, 0) is 6.07 Å². The Morgan fingerprint density at radius 1 is 0.929 bits per heavy atom. The molecule has 5 heteroatoms. The van der Waals surface area contributed by atoms with Crippen LogP contribution < -0.4 is 0 Å². The Hall–Kier alpha value is -2.17. The van der Waals surface area contributed by atoms with Crippen LogP contribution in [0.25, 0.3) is 0 Å². The highest BCUT2D eigenvalue weighted by Crippen LogP contribution is 2.30. The van der Waals surface area contributed by atoms with Crippen LogP contribution in [0, 0.1) is 0 Å². The maximum Gasteiger partial charge on any atom is 0.157 e. The number of carbonyl (C=O) groups is 3. The van der Waals surface area contributed by atoms with Gasteiger partial charge in [0.1, 0.15) is 11.5 Å². The van der Waals surface area contributed by atoms with Crippen molar-refractivity contribution in [3.8, 4) is 11.5 Å². The molecule has 0 aromatic heterocycles. The summed E-state index contributed by atoms with van der Waals surface area (Å²) in [5.74, 6) is -1.22. The van der Waals surface area contributed by atoms with Crippen LogP contribution in [0.1, 0.15) is 31.1 Å². The first kappa shape index (κ1) is 9.91. The molecular formula is C9H6O5. The van der Waals surface area contributed by atoms with Gasteiger partial charge >= 0.3 is 0 Å². The lowest BCUT2D eigenvalue weighted by Gasteiger charge is -2.05. The van der Waals surface area contributed by atoms with Gasteiger partial charge in [-0.25, -0.2) is 0 Å². The predicted molar refractivity (Wildman–Crippen MR) is 45.9 cm³/mol. The third-order valence-electron chi connectivity index (χ3n) is 1.75. The van der Waals surface area contributed by atoms with E-state index >= 15 is 0 Å². The molecule has 0 aliphatic heterocycles. The first-order valence-electron chi connectivity index (χ1n) is 3.60. The van der Waals surface area contributed by atoms with Crippen molar-refractivity contribution in [3.05, 3.63) is 22.8 Å². The van der Waals surface area contributed by atoms with Crippen molar-refractivity contribution in [1.82, 2.24) is 0 Å². The van der Waals surface area contributed by atoms with Gasteiger partial charge in [0.2, 0.25) is 0 Å². The van der Waals surface area contributed by atoms with E-state index in [0.29, 0.717) is 6.29 Å². The topological polar surface area (TPSA) is 91.7 Å². The van der Waals surface area contributed by atoms with Crippen molar-refractivity contribution < 1.29 is 24.6 Å². The Labute approximate surface area is 78.6 Å². The summed E-state index contributed by atoms with van der Waals surface area (Å²) in [6.45, 7) is 0. The quantitative estimate of drug-likeness (QED) is 0.685. The third-order valence-corrected chi connectivity index (χ3v) is 1.75. The minimum absolute atomic E-state index is 0.166. The lowest BCUT2D eigenvalue weighted by molar-refractivity contribution is 0.109. The Morgan fingerprint density at radius 3 is 1.93 bits per heavy atom. The molecule has 2 N–H and O–H groups in total. The standard InChI is InChI=1S/C9H6O5/c10-2-5-1-8(13)7(4-12)9(14)6(5)3-11/h1-4,13-14H. The van der Waals surface area contributed by atoms with Gasteiger partial charge in [0.05, 0.1) is 11.1 Å². The largest absolute Gasteiger partial charge is 0.507 e. The van der Waals surface area contributed by atoms with Crippen LogP contribution in [0.2, 0.25) is 0 Å². The summed E-state index contributed by atoms with van der Waals surface area (Å²) < 4.78 is 0. The lowest BCUT2D eigenvalue weighted by atomic mass is 10.0. The van der Waals surface area contributed by atoms with E-state index < -0.39 is 17.1 Å². The fourth-order valence-electron chi connectivity index (χ4n) is 1.04. The van der Waals surface area contributed by atoms with Gasteiger partial charge < -0.3 is 10.2 Å². The van der Waals surface area contributed by atoms with Crippen molar-refractivity contribution in [2.75, 3.05) is 0 Å². The van der Waals surface area contributed by atoms with Crippen molar-refractivity contribution in [2.45, 2.75) is 0 Å². The second-order valence-corrected chi connectivity index (χ2v) is 2.51. The van der Waals surface area contributed by atoms with E-state index in [9.17, 15) is 19.5 Å². The minimum Gasteiger partial charge on any atom is -0.507 e. The molecule has 5 nitrogen and oxygen atoms in total. The Morgan fingerprint density at radius 2 is 1.50 bits per heavy atom. The number of aromatic hydroxyl groups is 2. The van der Waals surface area contributed by atoms with E-state index in [4.69, 9.17) is 5.11 Å². The Kier molecular flexibility index (Phi) is 2.62. The van der Waals surface area contributed by atoms with Crippen LogP contribution in [-0.4, -0.2) is 29.1 Å². The van der Waals surface area contributed by atoms with Gasteiger partial charge in [0, 0.05) is 5.56 Å². The first-order valence-corrected chi connectivity index (χ1v) is 3.60.